The lowest BCUT2D eigenvalue weighted by Gasteiger charge is -2.41. The van der Waals surface area contributed by atoms with Gasteiger partial charge in [-0.25, -0.2) is 0 Å². The number of nitrogens with two attached hydrogens (primary N) is 1. The Morgan fingerprint density at radius 3 is 2.58 bits per heavy atom. The molecule has 1 heterocycles. The van der Waals surface area contributed by atoms with E-state index in [2.05, 4.69) is 0 Å². The van der Waals surface area contributed by atoms with E-state index in [9.17, 15) is 5.11 Å². The van der Waals surface area contributed by atoms with Crippen LogP contribution in [0.2, 0.25) is 0 Å². The van der Waals surface area contributed by atoms with Crippen molar-refractivity contribution in [3.05, 3.63) is 0 Å². The first-order valence-corrected chi connectivity index (χ1v) is 4.84. The molecule has 70 valence electrons. The molecule has 0 radical (unpaired) electrons. The van der Waals surface area contributed by atoms with Crippen molar-refractivity contribution >= 4 is 0 Å². The summed E-state index contributed by atoms with van der Waals surface area (Å²) in [5.41, 5.74) is 5.86. The van der Waals surface area contributed by atoms with Crippen LogP contribution in [-0.2, 0) is 4.74 Å². The molecule has 0 amide bonds. The zero-order chi connectivity index (χ0) is 8.55. The maximum Gasteiger partial charge on any atom is 0.0779 e. The zero-order valence-electron chi connectivity index (χ0n) is 7.28. The molecule has 1 saturated heterocycles. The summed E-state index contributed by atoms with van der Waals surface area (Å²) in [7, 11) is 0. The predicted molar refractivity (Wildman–Crippen MR) is 45.7 cm³/mol. The Balaban J connectivity index is 1.93. The normalized spacial score (nSPS) is 44.0. The third-order valence-electron chi connectivity index (χ3n) is 3.16. The molecule has 3 atom stereocenters. The van der Waals surface area contributed by atoms with Crippen molar-refractivity contribution in [2.24, 2.45) is 11.7 Å². The molecule has 0 spiro atoms. The number of hydrogen-bond acceptors (Lipinski definition) is 3. The average Bonchev–Trinajstić information content (AvgIpc) is 1.95. The summed E-state index contributed by atoms with van der Waals surface area (Å²) in [6.07, 6.45) is 4.24. The topological polar surface area (TPSA) is 55.5 Å². The van der Waals surface area contributed by atoms with Gasteiger partial charge in [-0.05, 0) is 25.2 Å². The maximum absolute atomic E-state index is 9.51. The van der Waals surface area contributed by atoms with Crippen molar-refractivity contribution in [3.8, 4) is 0 Å². The van der Waals surface area contributed by atoms with Crippen molar-refractivity contribution in [2.45, 2.75) is 43.9 Å². The zero-order valence-corrected chi connectivity index (χ0v) is 7.28. The summed E-state index contributed by atoms with van der Waals surface area (Å²) in [5, 5.41) is 9.51. The Morgan fingerprint density at radius 2 is 2.00 bits per heavy atom. The molecule has 12 heavy (non-hydrogen) atoms. The van der Waals surface area contributed by atoms with Gasteiger partial charge in [0, 0.05) is 6.61 Å². The van der Waals surface area contributed by atoms with Crippen LogP contribution >= 0.6 is 0 Å². The van der Waals surface area contributed by atoms with Crippen molar-refractivity contribution in [1.29, 1.82) is 0 Å². The van der Waals surface area contributed by atoms with Gasteiger partial charge in [-0.3, -0.25) is 0 Å². The van der Waals surface area contributed by atoms with Crippen LogP contribution in [0, 0.1) is 5.92 Å². The molecule has 1 saturated carbocycles. The number of rotatable bonds is 1. The Bertz CT molecular complexity index is 159. The third kappa shape index (κ3) is 1.37. The first-order chi connectivity index (χ1) is 5.79. The minimum atomic E-state index is -0.343. The molecule has 0 unspecified atom stereocenters. The van der Waals surface area contributed by atoms with Gasteiger partial charge in [0.15, 0.2) is 0 Å². The van der Waals surface area contributed by atoms with Crippen LogP contribution in [0.25, 0.3) is 0 Å². The van der Waals surface area contributed by atoms with Crippen LogP contribution in [-0.4, -0.2) is 30.0 Å². The second-order valence-electron chi connectivity index (χ2n) is 3.96. The van der Waals surface area contributed by atoms with E-state index in [4.69, 9.17) is 10.5 Å². The van der Waals surface area contributed by atoms with Crippen LogP contribution < -0.4 is 5.73 Å². The molecule has 0 aromatic carbocycles. The largest absolute Gasteiger partial charge is 0.391 e. The fraction of sp³-hybridized carbons (Fsp3) is 1.00. The highest BCUT2D eigenvalue weighted by Gasteiger charge is 2.37. The van der Waals surface area contributed by atoms with E-state index in [1.165, 1.54) is 19.3 Å². The van der Waals surface area contributed by atoms with Gasteiger partial charge in [-0.2, -0.15) is 0 Å². The van der Waals surface area contributed by atoms with E-state index in [0.29, 0.717) is 18.9 Å². The minimum Gasteiger partial charge on any atom is -0.391 e. The smallest absolute Gasteiger partial charge is 0.0779 e. The summed E-state index contributed by atoms with van der Waals surface area (Å²) in [5.74, 6) is 0.620. The lowest BCUT2D eigenvalue weighted by atomic mass is 9.76. The molecule has 3 N–H and O–H groups in total. The van der Waals surface area contributed by atoms with Crippen molar-refractivity contribution in [2.75, 3.05) is 6.61 Å². The van der Waals surface area contributed by atoms with Gasteiger partial charge in [-0.15, -0.1) is 0 Å². The number of aliphatic hydroxyl groups excluding tert-OH is 1. The van der Waals surface area contributed by atoms with E-state index in [1.54, 1.807) is 0 Å². The van der Waals surface area contributed by atoms with Gasteiger partial charge in [0.25, 0.3) is 0 Å². The minimum absolute atomic E-state index is 0.127. The summed E-state index contributed by atoms with van der Waals surface area (Å²) >= 11 is 0. The van der Waals surface area contributed by atoms with Crippen LogP contribution in [0.1, 0.15) is 25.7 Å². The SMILES string of the molecule is N[C@@H]1[C@H](O)CCO[C@@H]1C1CCC1. The van der Waals surface area contributed by atoms with Gasteiger partial charge >= 0.3 is 0 Å². The van der Waals surface area contributed by atoms with E-state index in [1.807, 2.05) is 0 Å². The second kappa shape index (κ2) is 3.32. The van der Waals surface area contributed by atoms with Gasteiger partial charge in [0.1, 0.15) is 0 Å². The van der Waals surface area contributed by atoms with Crippen molar-refractivity contribution in [3.63, 3.8) is 0 Å². The summed E-state index contributed by atoms with van der Waals surface area (Å²) in [6.45, 7) is 0.677. The Kier molecular flexibility index (Phi) is 2.35. The molecule has 0 aromatic rings. The average molecular weight is 171 g/mol. The number of hydrogen-bond donors (Lipinski definition) is 2. The maximum atomic E-state index is 9.51. The lowest BCUT2D eigenvalue weighted by Crippen LogP contribution is -2.54. The lowest BCUT2D eigenvalue weighted by molar-refractivity contribution is -0.0988. The highest BCUT2D eigenvalue weighted by Crippen LogP contribution is 2.34. The molecule has 2 aliphatic rings. The van der Waals surface area contributed by atoms with Gasteiger partial charge in [-0.1, -0.05) is 6.42 Å². The van der Waals surface area contributed by atoms with Crippen LogP contribution in [0.5, 0.6) is 0 Å². The fourth-order valence-corrected chi connectivity index (χ4v) is 2.07. The molecule has 2 rings (SSSR count). The predicted octanol–water partition coefficient (Wildman–Crippen LogP) is 0.264. The molecular weight excluding hydrogens is 154 g/mol. The fourth-order valence-electron chi connectivity index (χ4n) is 2.07. The monoisotopic (exact) mass is 171 g/mol. The summed E-state index contributed by atoms with van der Waals surface area (Å²) < 4.78 is 5.58. The van der Waals surface area contributed by atoms with Gasteiger partial charge < -0.3 is 15.6 Å². The Hall–Kier alpha value is -0.120. The highest BCUT2D eigenvalue weighted by atomic mass is 16.5. The molecule has 3 heteroatoms. The molecule has 1 aliphatic carbocycles. The van der Waals surface area contributed by atoms with E-state index < -0.39 is 0 Å². The number of ether oxygens (including phenoxy) is 1. The van der Waals surface area contributed by atoms with Crippen LogP contribution in [0.3, 0.4) is 0 Å². The van der Waals surface area contributed by atoms with E-state index >= 15 is 0 Å². The molecule has 1 aliphatic heterocycles. The molecule has 3 nitrogen and oxygen atoms in total. The van der Waals surface area contributed by atoms with Crippen molar-refractivity contribution < 1.29 is 9.84 Å². The van der Waals surface area contributed by atoms with Crippen molar-refractivity contribution in [1.82, 2.24) is 0 Å². The standard InChI is InChI=1S/C9H17NO2/c10-8-7(11)4-5-12-9(8)6-2-1-3-6/h6-9,11H,1-5,10H2/t7-,8-,9-/m1/s1. The Labute approximate surface area is 72.9 Å². The first-order valence-electron chi connectivity index (χ1n) is 4.84. The first kappa shape index (κ1) is 8.48. The number of aliphatic hydroxyl groups is 1. The van der Waals surface area contributed by atoms with E-state index in [-0.39, 0.29) is 18.2 Å². The Morgan fingerprint density at radius 1 is 1.25 bits per heavy atom. The highest BCUT2D eigenvalue weighted by molar-refractivity contribution is 4.91. The van der Waals surface area contributed by atoms with Crippen LogP contribution in [0.4, 0.5) is 0 Å². The van der Waals surface area contributed by atoms with Gasteiger partial charge in [0.05, 0.1) is 18.2 Å². The molecule has 0 bridgehead atoms. The van der Waals surface area contributed by atoms with E-state index in [0.717, 1.165) is 0 Å². The summed E-state index contributed by atoms with van der Waals surface area (Å²) in [4.78, 5) is 0. The molecular formula is C9H17NO2. The van der Waals surface area contributed by atoms with Crippen LogP contribution in [0.15, 0.2) is 0 Å². The third-order valence-corrected chi connectivity index (χ3v) is 3.16. The molecule has 2 fully saturated rings. The summed E-state index contributed by atoms with van der Waals surface area (Å²) in [6, 6.07) is -0.149. The van der Waals surface area contributed by atoms with Gasteiger partial charge in [0.2, 0.25) is 0 Å². The quantitative estimate of drug-likeness (QED) is 0.595. The molecule has 0 aromatic heterocycles. The second-order valence-corrected chi connectivity index (χ2v) is 3.96.